The Labute approximate surface area is 124 Å². The zero-order valence-electron chi connectivity index (χ0n) is 12.8. The standard InChI is InChI=1S/C12H21NO6.H4N2/c1-10(14)18-8-6-13(5-4-12(16)17-3)7-9-19-11(2)15;1-2/h4-9H2,1-3H3;1-2H2. The molecule has 21 heavy (non-hydrogen) atoms. The molecule has 0 saturated heterocycles. The fraction of sp³-hybridized carbons (Fsp3) is 0.750. The Bertz CT molecular complexity index is 291. The molecule has 0 saturated carbocycles. The van der Waals surface area contributed by atoms with Gasteiger partial charge in [0.25, 0.3) is 0 Å². The van der Waals surface area contributed by atoms with Crippen LogP contribution in [0.5, 0.6) is 0 Å². The molecule has 0 aromatic heterocycles. The van der Waals surface area contributed by atoms with Gasteiger partial charge in [0.15, 0.2) is 0 Å². The van der Waals surface area contributed by atoms with Crippen molar-refractivity contribution >= 4 is 17.9 Å². The molecular formula is C12H25N3O6. The Morgan fingerprint density at radius 2 is 1.33 bits per heavy atom. The summed E-state index contributed by atoms with van der Waals surface area (Å²) < 4.78 is 14.2. The second-order valence-corrected chi connectivity index (χ2v) is 3.85. The highest BCUT2D eigenvalue weighted by Crippen LogP contribution is 1.95. The van der Waals surface area contributed by atoms with E-state index in [-0.39, 0.29) is 37.5 Å². The van der Waals surface area contributed by atoms with Gasteiger partial charge in [-0.2, -0.15) is 0 Å². The molecule has 0 fully saturated rings. The van der Waals surface area contributed by atoms with E-state index < -0.39 is 0 Å². The van der Waals surface area contributed by atoms with Crippen molar-refractivity contribution in [3.05, 3.63) is 0 Å². The molecule has 0 bridgehead atoms. The Hall–Kier alpha value is -1.71. The zero-order valence-corrected chi connectivity index (χ0v) is 12.8. The molecule has 0 spiro atoms. The Balaban J connectivity index is 0. The van der Waals surface area contributed by atoms with Crippen LogP contribution >= 0.6 is 0 Å². The van der Waals surface area contributed by atoms with E-state index in [0.29, 0.717) is 19.6 Å². The van der Waals surface area contributed by atoms with Crippen LogP contribution in [0, 0.1) is 0 Å². The van der Waals surface area contributed by atoms with Crippen molar-refractivity contribution < 1.29 is 28.6 Å². The topological polar surface area (TPSA) is 134 Å². The molecule has 0 amide bonds. The van der Waals surface area contributed by atoms with Crippen molar-refractivity contribution in [2.45, 2.75) is 20.3 Å². The van der Waals surface area contributed by atoms with Crippen LogP contribution in [0.2, 0.25) is 0 Å². The molecule has 0 unspecified atom stereocenters. The number of ether oxygens (including phenoxy) is 3. The number of nitrogens with two attached hydrogens (primary N) is 2. The fourth-order valence-electron chi connectivity index (χ4n) is 1.32. The van der Waals surface area contributed by atoms with Crippen molar-refractivity contribution in [1.29, 1.82) is 0 Å². The van der Waals surface area contributed by atoms with E-state index in [9.17, 15) is 14.4 Å². The third-order valence-electron chi connectivity index (χ3n) is 2.29. The number of nitrogens with zero attached hydrogens (tertiary/aromatic N) is 1. The lowest BCUT2D eigenvalue weighted by Crippen LogP contribution is -2.33. The first-order chi connectivity index (χ1) is 9.95. The molecule has 124 valence electrons. The van der Waals surface area contributed by atoms with Crippen molar-refractivity contribution in [3.8, 4) is 0 Å². The summed E-state index contributed by atoms with van der Waals surface area (Å²) in [6.45, 7) is 4.52. The summed E-state index contributed by atoms with van der Waals surface area (Å²) in [4.78, 5) is 34.2. The average Bonchev–Trinajstić information content (AvgIpc) is 2.45. The lowest BCUT2D eigenvalue weighted by molar-refractivity contribution is -0.144. The maximum absolute atomic E-state index is 11.1. The van der Waals surface area contributed by atoms with E-state index in [2.05, 4.69) is 16.4 Å². The maximum Gasteiger partial charge on any atom is 0.306 e. The number of esters is 3. The number of rotatable bonds is 9. The van der Waals surface area contributed by atoms with Crippen molar-refractivity contribution in [2.75, 3.05) is 40.0 Å². The van der Waals surface area contributed by atoms with Gasteiger partial charge in [-0.25, -0.2) is 0 Å². The number of hydrogen-bond acceptors (Lipinski definition) is 9. The van der Waals surface area contributed by atoms with Crippen LogP contribution in [0.15, 0.2) is 0 Å². The molecule has 9 heteroatoms. The number of hydrazine groups is 1. The molecule has 0 radical (unpaired) electrons. The first-order valence-corrected chi connectivity index (χ1v) is 6.35. The van der Waals surface area contributed by atoms with Gasteiger partial charge in [0.05, 0.1) is 13.5 Å². The van der Waals surface area contributed by atoms with Crippen LogP contribution in [0.3, 0.4) is 0 Å². The van der Waals surface area contributed by atoms with Gasteiger partial charge in [-0.15, -0.1) is 0 Å². The van der Waals surface area contributed by atoms with Gasteiger partial charge in [0.2, 0.25) is 0 Å². The van der Waals surface area contributed by atoms with Crippen LogP contribution in [-0.2, 0) is 28.6 Å². The van der Waals surface area contributed by atoms with E-state index in [1.807, 2.05) is 4.90 Å². The number of methoxy groups -OCH3 is 1. The third-order valence-corrected chi connectivity index (χ3v) is 2.29. The van der Waals surface area contributed by atoms with Crippen LogP contribution in [0.4, 0.5) is 0 Å². The normalized spacial score (nSPS) is 9.43. The molecule has 0 aliphatic heterocycles. The first-order valence-electron chi connectivity index (χ1n) is 6.35. The summed E-state index contributed by atoms with van der Waals surface area (Å²) >= 11 is 0. The molecule has 0 heterocycles. The molecule has 0 aliphatic carbocycles. The highest BCUT2D eigenvalue weighted by atomic mass is 16.5. The highest BCUT2D eigenvalue weighted by molar-refractivity contribution is 5.69. The SMILES string of the molecule is COC(=O)CCN(CCOC(C)=O)CCOC(C)=O.NN. The summed E-state index contributed by atoms with van der Waals surface area (Å²) in [5, 5.41) is 0. The lowest BCUT2D eigenvalue weighted by Gasteiger charge is -2.21. The fourth-order valence-corrected chi connectivity index (χ4v) is 1.32. The molecule has 4 N–H and O–H groups in total. The van der Waals surface area contributed by atoms with Crippen LogP contribution in [-0.4, -0.2) is 62.8 Å². The Morgan fingerprint density at radius 1 is 0.905 bits per heavy atom. The predicted molar refractivity (Wildman–Crippen MR) is 74.7 cm³/mol. The minimum atomic E-state index is -0.354. The van der Waals surface area contributed by atoms with E-state index in [4.69, 9.17) is 9.47 Å². The molecule has 0 rings (SSSR count). The van der Waals surface area contributed by atoms with Gasteiger partial charge < -0.3 is 14.2 Å². The minimum Gasteiger partial charge on any atom is -0.469 e. The van der Waals surface area contributed by atoms with Crippen molar-refractivity contribution in [2.24, 2.45) is 11.7 Å². The largest absolute Gasteiger partial charge is 0.469 e. The predicted octanol–water partition coefficient (Wildman–Crippen LogP) is -1.20. The van der Waals surface area contributed by atoms with Crippen molar-refractivity contribution in [3.63, 3.8) is 0 Å². The smallest absolute Gasteiger partial charge is 0.306 e. The quantitative estimate of drug-likeness (QED) is 0.233. The number of carbonyl (C=O) groups excluding carboxylic acids is 3. The summed E-state index contributed by atoms with van der Waals surface area (Å²) in [6, 6.07) is 0. The van der Waals surface area contributed by atoms with Crippen LogP contribution < -0.4 is 11.7 Å². The number of carbonyl (C=O) groups is 3. The maximum atomic E-state index is 11.1. The molecule has 0 aromatic carbocycles. The highest BCUT2D eigenvalue weighted by Gasteiger charge is 2.09. The zero-order chi connectivity index (χ0) is 16.7. The summed E-state index contributed by atoms with van der Waals surface area (Å²) in [5.74, 6) is 6.98. The summed E-state index contributed by atoms with van der Waals surface area (Å²) in [6.07, 6.45) is 0.233. The van der Waals surface area contributed by atoms with Gasteiger partial charge in [0.1, 0.15) is 13.2 Å². The van der Waals surface area contributed by atoms with Crippen LogP contribution in [0.25, 0.3) is 0 Å². The molecule has 0 atom stereocenters. The second-order valence-electron chi connectivity index (χ2n) is 3.85. The van der Waals surface area contributed by atoms with Crippen molar-refractivity contribution in [1.82, 2.24) is 4.90 Å². The lowest BCUT2D eigenvalue weighted by atomic mass is 10.3. The summed E-state index contributed by atoms with van der Waals surface area (Å²) in [5.41, 5.74) is 0. The van der Waals surface area contributed by atoms with E-state index in [1.165, 1.54) is 21.0 Å². The molecular weight excluding hydrogens is 282 g/mol. The van der Waals surface area contributed by atoms with Gasteiger partial charge in [-0.3, -0.25) is 31.0 Å². The molecule has 0 aromatic rings. The average molecular weight is 307 g/mol. The molecule has 0 aliphatic rings. The van der Waals surface area contributed by atoms with Gasteiger partial charge >= 0.3 is 17.9 Å². The minimum absolute atomic E-state index is 0.233. The number of hydrogen-bond donors (Lipinski definition) is 2. The monoisotopic (exact) mass is 307 g/mol. The molecule has 9 nitrogen and oxygen atoms in total. The first kappa shape index (κ1) is 21.6. The summed E-state index contributed by atoms with van der Waals surface area (Å²) in [7, 11) is 1.32. The van der Waals surface area contributed by atoms with E-state index in [1.54, 1.807) is 0 Å². The Kier molecular flexibility index (Phi) is 15.1. The van der Waals surface area contributed by atoms with Gasteiger partial charge in [-0.1, -0.05) is 0 Å². The third kappa shape index (κ3) is 16.2. The Morgan fingerprint density at radius 3 is 1.67 bits per heavy atom. The van der Waals surface area contributed by atoms with Crippen LogP contribution in [0.1, 0.15) is 20.3 Å². The van der Waals surface area contributed by atoms with E-state index >= 15 is 0 Å². The van der Waals surface area contributed by atoms with Gasteiger partial charge in [-0.05, 0) is 0 Å². The second kappa shape index (κ2) is 14.7. The van der Waals surface area contributed by atoms with E-state index in [0.717, 1.165) is 0 Å². The van der Waals surface area contributed by atoms with Gasteiger partial charge in [0, 0.05) is 33.5 Å².